The molecular formula is C27H37NO5S. The number of carbonyl (C=O) groups excluding carboxylic acids is 2. The van der Waals surface area contributed by atoms with Gasteiger partial charge in [0.25, 0.3) is 0 Å². The van der Waals surface area contributed by atoms with Gasteiger partial charge in [-0.05, 0) is 49.8 Å². The number of fused-ring (bicyclic) bond motifs is 1. The molecule has 0 spiro atoms. The molecule has 186 valence electrons. The first-order valence-corrected chi connectivity index (χ1v) is 13.0. The molecule has 2 heterocycles. The van der Waals surface area contributed by atoms with Crippen LogP contribution >= 0.6 is 11.3 Å². The average Bonchev–Trinajstić information content (AvgIpc) is 3.27. The fourth-order valence-electron chi connectivity index (χ4n) is 4.63. The molecule has 0 aliphatic carbocycles. The van der Waals surface area contributed by atoms with Gasteiger partial charge in [-0.2, -0.15) is 0 Å². The molecule has 2 N–H and O–H groups in total. The zero-order valence-electron chi connectivity index (χ0n) is 20.8. The van der Waals surface area contributed by atoms with Crippen molar-refractivity contribution in [2.24, 2.45) is 17.3 Å². The summed E-state index contributed by atoms with van der Waals surface area (Å²) in [5.41, 5.74) is 3.50. The van der Waals surface area contributed by atoms with Gasteiger partial charge in [0.1, 0.15) is 11.9 Å². The lowest BCUT2D eigenvalue weighted by Crippen LogP contribution is -2.45. The molecule has 5 atom stereocenters. The molecule has 0 saturated carbocycles. The number of esters is 1. The van der Waals surface area contributed by atoms with Crippen LogP contribution in [0.3, 0.4) is 0 Å². The van der Waals surface area contributed by atoms with Crippen LogP contribution in [-0.2, 0) is 14.3 Å². The SMILES string of the molecule is CC1=CC[C@@H](c2ccc3scnc3c2)OC(=O)CC(O)C(C)(C)C(=O)C(C)[C@@H](O)C(C)CCC1. The molecule has 2 aromatic rings. The number of ether oxygens (including phenoxy) is 1. The number of hydrogen-bond donors (Lipinski definition) is 2. The minimum atomic E-state index is -1.22. The number of aliphatic hydroxyl groups is 2. The maximum absolute atomic E-state index is 13.2. The fraction of sp³-hybridized carbons (Fsp3) is 0.593. The molecule has 3 rings (SSSR count). The Morgan fingerprint density at radius 2 is 1.91 bits per heavy atom. The molecule has 7 heteroatoms. The molecule has 0 fully saturated rings. The van der Waals surface area contributed by atoms with Crippen molar-refractivity contribution in [2.45, 2.75) is 85.0 Å². The summed E-state index contributed by atoms with van der Waals surface area (Å²) in [6.07, 6.45) is 2.35. The lowest BCUT2D eigenvalue weighted by atomic mass is 9.73. The van der Waals surface area contributed by atoms with Gasteiger partial charge in [0.05, 0.1) is 39.8 Å². The van der Waals surface area contributed by atoms with E-state index in [9.17, 15) is 19.8 Å². The summed E-state index contributed by atoms with van der Waals surface area (Å²) in [6, 6.07) is 5.88. The van der Waals surface area contributed by atoms with Gasteiger partial charge in [-0.15, -0.1) is 11.3 Å². The topological polar surface area (TPSA) is 96.7 Å². The Morgan fingerprint density at radius 1 is 1.18 bits per heavy atom. The first-order chi connectivity index (χ1) is 16.0. The van der Waals surface area contributed by atoms with Crippen molar-refractivity contribution in [3.8, 4) is 0 Å². The summed E-state index contributed by atoms with van der Waals surface area (Å²) in [5, 5.41) is 21.6. The van der Waals surface area contributed by atoms with Crippen LogP contribution < -0.4 is 0 Å². The molecule has 6 nitrogen and oxygen atoms in total. The molecule has 0 bridgehead atoms. The van der Waals surface area contributed by atoms with Crippen molar-refractivity contribution in [1.29, 1.82) is 0 Å². The smallest absolute Gasteiger partial charge is 0.309 e. The predicted molar refractivity (Wildman–Crippen MR) is 134 cm³/mol. The number of ketones is 1. The van der Waals surface area contributed by atoms with Gasteiger partial charge in [0.2, 0.25) is 0 Å². The number of allylic oxidation sites excluding steroid dienone is 1. The zero-order chi connectivity index (χ0) is 25.0. The van der Waals surface area contributed by atoms with E-state index in [1.165, 1.54) is 5.57 Å². The van der Waals surface area contributed by atoms with E-state index in [1.807, 2.05) is 25.1 Å². The summed E-state index contributed by atoms with van der Waals surface area (Å²) < 4.78 is 6.91. The van der Waals surface area contributed by atoms with Crippen molar-refractivity contribution in [1.82, 2.24) is 4.98 Å². The fourth-order valence-corrected chi connectivity index (χ4v) is 5.29. The molecule has 1 aliphatic rings. The van der Waals surface area contributed by atoms with E-state index >= 15 is 0 Å². The van der Waals surface area contributed by atoms with Crippen LogP contribution in [0.4, 0.5) is 0 Å². The van der Waals surface area contributed by atoms with Gasteiger partial charge in [0.15, 0.2) is 0 Å². The van der Waals surface area contributed by atoms with Crippen LogP contribution in [0.25, 0.3) is 10.2 Å². The highest BCUT2D eigenvalue weighted by atomic mass is 32.1. The van der Waals surface area contributed by atoms with Crippen LogP contribution in [0.2, 0.25) is 0 Å². The Bertz CT molecular complexity index is 1040. The van der Waals surface area contributed by atoms with E-state index < -0.39 is 35.6 Å². The van der Waals surface area contributed by atoms with E-state index in [0.29, 0.717) is 6.42 Å². The van der Waals surface area contributed by atoms with Crippen molar-refractivity contribution >= 4 is 33.3 Å². The molecule has 3 unspecified atom stereocenters. The number of Topliss-reactive ketones (excluding diaryl/α,β-unsaturated/α-hetero) is 1. The lowest BCUT2D eigenvalue weighted by molar-refractivity contribution is -0.155. The van der Waals surface area contributed by atoms with Crippen molar-refractivity contribution in [3.05, 3.63) is 40.9 Å². The number of carbonyl (C=O) groups is 2. The molecule has 0 amide bonds. The number of cyclic esters (lactones) is 1. The molecule has 1 aromatic heterocycles. The largest absolute Gasteiger partial charge is 0.457 e. The van der Waals surface area contributed by atoms with Crippen molar-refractivity contribution in [3.63, 3.8) is 0 Å². The maximum Gasteiger partial charge on any atom is 0.309 e. The number of rotatable bonds is 1. The highest BCUT2D eigenvalue weighted by Gasteiger charge is 2.42. The lowest BCUT2D eigenvalue weighted by Gasteiger charge is -2.34. The van der Waals surface area contributed by atoms with Gasteiger partial charge in [-0.25, -0.2) is 4.98 Å². The second-order valence-electron chi connectivity index (χ2n) is 10.3. The quantitative estimate of drug-likeness (QED) is 0.414. The Morgan fingerprint density at radius 3 is 2.65 bits per heavy atom. The van der Waals surface area contributed by atoms with Crippen LogP contribution in [0.1, 0.15) is 78.4 Å². The van der Waals surface area contributed by atoms with Crippen LogP contribution in [0.15, 0.2) is 35.4 Å². The monoisotopic (exact) mass is 487 g/mol. The Kier molecular flexibility index (Phi) is 8.66. The molecule has 1 aliphatic heterocycles. The Labute approximate surface area is 206 Å². The summed E-state index contributed by atoms with van der Waals surface area (Å²) in [4.78, 5) is 30.4. The van der Waals surface area contributed by atoms with Crippen LogP contribution in [-0.4, -0.2) is 39.2 Å². The highest BCUT2D eigenvalue weighted by Crippen LogP contribution is 2.33. The average molecular weight is 488 g/mol. The molecule has 0 saturated heterocycles. The summed E-state index contributed by atoms with van der Waals surface area (Å²) in [5.74, 6) is -1.50. The zero-order valence-corrected chi connectivity index (χ0v) is 21.6. The summed E-state index contributed by atoms with van der Waals surface area (Å²) in [6.45, 7) is 8.98. The normalized spacial score (nSPS) is 30.1. The van der Waals surface area contributed by atoms with Crippen LogP contribution in [0.5, 0.6) is 0 Å². The molecule has 1 aromatic carbocycles. The second kappa shape index (κ2) is 11.1. The van der Waals surface area contributed by atoms with E-state index in [0.717, 1.165) is 35.0 Å². The Hall–Kier alpha value is -2.09. The summed E-state index contributed by atoms with van der Waals surface area (Å²) in [7, 11) is 0. The number of benzene rings is 1. The minimum absolute atomic E-state index is 0.0462. The van der Waals surface area contributed by atoms with Crippen molar-refractivity contribution in [2.75, 3.05) is 0 Å². The van der Waals surface area contributed by atoms with Crippen LogP contribution in [0, 0.1) is 17.3 Å². The molecule has 0 radical (unpaired) electrons. The standard InChI is InChI=1S/C27H37NO5S/c1-16-7-6-8-17(2)25(31)18(3)26(32)27(4,5)23(29)14-24(30)33-21(11-9-16)19-10-12-22-20(13-19)28-15-34-22/h9-10,12-13,15,17-18,21,23,25,29,31H,6-8,11,14H2,1-5H3/t17?,18?,21-,23?,25-/m0/s1. The number of nitrogens with zero attached hydrogens (tertiary/aromatic N) is 1. The van der Waals surface area contributed by atoms with Gasteiger partial charge < -0.3 is 14.9 Å². The van der Waals surface area contributed by atoms with E-state index in [2.05, 4.69) is 18.0 Å². The third-order valence-electron chi connectivity index (χ3n) is 7.25. The molecule has 34 heavy (non-hydrogen) atoms. The Balaban J connectivity index is 1.90. The molecular weight excluding hydrogens is 450 g/mol. The van der Waals surface area contributed by atoms with Gasteiger partial charge >= 0.3 is 5.97 Å². The van der Waals surface area contributed by atoms with Gasteiger partial charge in [-0.3, -0.25) is 9.59 Å². The van der Waals surface area contributed by atoms with Gasteiger partial charge in [-0.1, -0.05) is 45.4 Å². The van der Waals surface area contributed by atoms with Gasteiger partial charge in [0, 0.05) is 12.3 Å². The third kappa shape index (κ3) is 6.12. The first kappa shape index (κ1) is 26.5. The number of aromatic nitrogens is 1. The summed E-state index contributed by atoms with van der Waals surface area (Å²) >= 11 is 1.56. The minimum Gasteiger partial charge on any atom is -0.457 e. The first-order valence-electron chi connectivity index (χ1n) is 12.1. The number of hydrogen-bond acceptors (Lipinski definition) is 7. The number of thiazole rings is 1. The maximum atomic E-state index is 13.2. The van der Waals surface area contributed by atoms with E-state index in [-0.39, 0.29) is 18.1 Å². The van der Waals surface area contributed by atoms with E-state index in [4.69, 9.17) is 4.74 Å². The highest BCUT2D eigenvalue weighted by molar-refractivity contribution is 7.16. The third-order valence-corrected chi connectivity index (χ3v) is 8.06. The van der Waals surface area contributed by atoms with Crippen molar-refractivity contribution < 1.29 is 24.5 Å². The van der Waals surface area contributed by atoms with E-state index in [1.54, 1.807) is 37.6 Å². The number of aliphatic hydroxyl groups excluding tert-OH is 2. The second-order valence-corrected chi connectivity index (χ2v) is 11.2. The predicted octanol–water partition coefficient (Wildman–Crippen LogP) is 5.38.